The molecule has 0 spiro atoms. The van der Waals surface area contributed by atoms with E-state index in [4.69, 9.17) is 28.9 Å². The fourth-order valence-corrected chi connectivity index (χ4v) is 2.12. The zero-order valence-corrected chi connectivity index (χ0v) is 11.4. The maximum Gasteiger partial charge on any atom is 0.245 e. The molecule has 0 aliphatic rings. The molecule has 0 aromatic heterocycles. The van der Waals surface area contributed by atoms with E-state index in [0.29, 0.717) is 15.7 Å². The summed E-state index contributed by atoms with van der Waals surface area (Å²) in [6, 6.07) is 13.3. The molecule has 1 unspecified atom stereocenters. The zero-order chi connectivity index (χ0) is 13.8. The Morgan fingerprint density at radius 1 is 1.00 bits per heavy atom. The Kier molecular flexibility index (Phi) is 4.43. The van der Waals surface area contributed by atoms with E-state index in [1.165, 1.54) is 0 Å². The third kappa shape index (κ3) is 3.26. The average molecular weight is 295 g/mol. The van der Waals surface area contributed by atoms with Crippen LogP contribution >= 0.6 is 23.2 Å². The Balaban J connectivity index is 2.18. The number of nitrogens with one attached hydrogen (secondary N) is 1. The van der Waals surface area contributed by atoms with E-state index in [2.05, 4.69) is 5.32 Å². The van der Waals surface area contributed by atoms with Gasteiger partial charge in [0.1, 0.15) is 6.04 Å². The third-order valence-corrected chi connectivity index (χ3v) is 3.28. The highest BCUT2D eigenvalue weighted by Crippen LogP contribution is 2.30. The quantitative estimate of drug-likeness (QED) is 0.908. The Morgan fingerprint density at radius 2 is 1.58 bits per heavy atom. The summed E-state index contributed by atoms with van der Waals surface area (Å²) < 4.78 is 0. The van der Waals surface area contributed by atoms with Crippen LogP contribution in [0.3, 0.4) is 0 Å². The SMILES string of the molecule is NC(C(=O)Nc1c(Cl)cccc1Cl)c1ccccc1. The second-order valence-electron chi connectivity index (χ2n) is 3.97. The van der Waals surface area contributed by atoms with Crippen molar-refractivity contribution in [1.29, 1.82) is 0 Å². The Labute approximate surface area is 121 Å². The van der Waals surface area contributed by atoms with Crippen LogP contribution in [0.5, 0.6) is 0 Å². The molecule has 0 bridgehead atoms. The van der Waals surface area contributed by atoms with Gasteiger partial charge in [-0.3, -0.25) is 4.79 Å². The van der Waals surface area contributed by atoms with E-state index in [-0.39, 0.29) is 5.91 Å². The van der Waals surface area contributed by atoms with Gasteiger partial charge >= 0.3 is 0 Å². The topological polar surface area (TPSA) is 55.1 Å². The van der Waals surface area contributed by atoms with E-state index >= 15 is 0 Å². The lowest BCUT2D eigenvalue weighted by Crippen LogP contribution is -2.27. The van der Waals surface area contributed by atoms with Gasteiger partial charge in [-0.25, -0.2) is 0 Å². The van der Waals surface area contributed by atoms with Crippen LogP contribution < -0.4 is 11.1 Å². The molecule has 0 aliphatic carbocycles. The van der Waals surface area contributed by atoms with E-state index in [9.17, 15) is 4.79 Å². The second-order valence-corrected chi connectivity index (χ2v) is 4.79. The van der Waals surface area contributed by atoms with Crippen LogP contribution in [0.1, 0.15) is 11.6 Å². The number of para-hydroxylation sites is 1. The monoisotopic (exact) mass is 294 g/mol. The molecule has 0 heterocycles. The summed E-state index contributed by atoms with van der Waals surface area (Å²) in [6.07, 6.45) is 0. The van der Waals surface area contributed by atoms with Crippen molar-refractivity contribution in [3.63, 3.8) is 0 Å². The van der Waals surface area contributed by atoms with Crippen molar-refractivity contribution in [2.75, 3.05) is 5.32 Å². The minimum Gasteiger partial charge on any atom is -0.322 e. The third-order valence-electron chi connectivity index (χ3n) is 2.65. The van der Waals surface area contributed by atoms with Gasteiger partial charge in [0.15, 0.2) is 0 Å². The van der Waals surface area contributed by atoms with Crippen LogP contribution in [0.2, 0.25) is 10.0 Å². The predicted molar refractivity (Wildman–Crippen MR) is 78.5 cm³/mol. The van der Waals surface area contributed by atoms with Crippen LogP contribution in [-0.2, 0) is 4.79 Å². The first kappa shape index (κ1) is 13.9. The molecule has 0 aliphatic heterocycles. The minimum absolute atomic E-state index is 0.360. The van der Waals surface area contributed by atoms with Gasteiger partial charge in [0, 0.05) is 0 Å². The molecular weight excluding hydrogens is 283 g/mol. The van der Waals surface area contributed by atoms with Crippen LogP contribution in [-0.4, -0.2) is 5.91 Å². The Bertz CT molecular complexity index is 567. The van der Waals surface area contributed by atoms with Crippen molar-refractivity contribution in [1.82, 2.24) is 0 Å². The molecule has 19 heavy (non-hydrogen) atoms. The number of carbonyl (C=O) groups excluding carboxylic acids is 1. The summed E-state index contributed by atoms with van der Waals surface area (Å²) in [5.74, 6) is -0.360. The molecule has 0 radical (unpaired) electrons. The lowest BCUT2D eigenvalue weighted by Gasteiger charge is -2.14. The summed E-state index contributed by atoms with van der Waals surface area (Å²) in [7, 11) is 0. The lowest BCUT2D eigenvalue weighted by molar-refractivity contribution is -0.117. The molecular formula is C14H12Cl2N2O. The summed E-state index contributed by atoms with van der Waals surface area (Å²) in [5, 5.41) is 3.40. The largest absolute Gasteiger partial charge is 0.322 e. The van der Waals surface area contributed by atoms with Gasteiger partial charge in [-0.05, 0) is 17.7 Å². The molecule has 0 saturated carbocycles. The number of hydrogen-bond donors (Lipinski definition) is 2. The summed E-state index contributed by atoms with van der Waals surface area (Å²) >= 11 is 12.0. The molecule has 2 aromatic rings. The number of nitrogens with two attached hydrogens (primary N) is 1. The van der Waals surface area contributed by atoms with E-state index in [0.717, 1.165) is 5.56 Å². The molecule has 3 nitrogen and oxygen atoms in total. The van der Waals surface area contributed by atoms with Gasteiger partial charge < -0.3 is 11.1 Å². The van der Waals surface area contributed by atoms with Crippen LogP contribution in [0.15, 0.2) is 48.5 Å². The molecule has 98 valence electrons. The molecule has 3 N–H and O–H groups in total. The van der Waals surface area contributed by atoms with Gasteiger partial charge in [0.2, 0.25) is 5.91 Å². The van der Waals surface area contributed by atoms with Gasteiger partial charge in [-0.15, -0.1) is 0 Å². The van der Waals surface area contributed by atoms with Gasteiger partial charge in [0.05, 0.1) is 15.7 Å². The summed E-state index contributed by atoms with van der Waals surface area (Å²) in [5.41, 5.74) is 6.99. The molecule has 1 amide bonds. The molecule has 0 fully saturated rings. The maximum absolute atomic E-state index is 12.1. The van der Waals surface area contributed by atoms with Crippen molar-refractivity contribution >= 4 is 34.8 Å². The van der Waals surface area contributed by atoms with E-state index < -0.39 is 6.04 Å². The van der Waals surface area contributed by atoms with Crippen LogP contribution in [0.25, 0.3) is 0 Å². The van der Waals surface area contributed by atoms with Gasteiger partial charge in [-0.2, -0.15) is 0 Å². The molecule has 1 atom stereocenters. The van der Waals surface area contributed by atoms with Crippen LogP contribution in [0, 0.1) is 0 Å². The van der Waals surface area contributed by atoms with Crippen molar-refractivity contribution in [2.24, 2.45) is 5.73 Å². The van der Waals surface area contributed by atoms with Crippen molar-refractivity contribution in [2.45, 2.75) is 6.04 Å². The first-order chi connectivity index (χ1) is 9.09. The lowest BCUT2D eigenvalue weighted by atomic mass is 10.1. The highest BCUT2D eigenvalue weighted by Gasteiger charge is 2.17. The number of benzene rings is 2. The fourth-order valence-electron chi connectivity index (χ4n) is 1.63. The first-order valence-electron chi connectivity index (χ1n) is 5.65. The van der Waals surface area contributed by atoms with Crippen molar-refractivity contribution in [3.05, 3.63) is 64.1 Å². The number of hydrogen-bond acceptors (Lipinski definition) is 2. The number of halogens is 2. The average Bonchev–Trinajstić information content (AvgIpc) is 2.43. The summed E-state index contributed by atoms with van der Waals surface area (Å²) in [6.45, 7) is 0. The molecule has 2 rings (SSSR count). The minimum atomic E-state index is -0.770. The molecule has 2 aromatic carbocycles. The number of carbonyl (C=O) groups is 1. The highest BCUT2D eigenvalue weighted by atomic mass is 35.5. The zero-order valence-electron chi connectivity index (χ0n) is 9.94. The molecule has 0 saturated heterocycles. The van der Waals surface area contributed by atoms with E-state index in [1.54, 1.807) is 30.3 Å². The second kappa shape index (κ2) is 6.06. The van der Waals surface area contributed by atoms with Crippen molar-refractivity contribution in [3.8, 4) is 0 Å². The van der Waals surface area contributed by atoms with Crippen LogP contribution in [0.4, 0.5) is 5.69 Å². The standard InChI is InChI=1S/C14H12Cl2N2O/c15-10-7-4-8-11(16)13(10)18-14(19)12(17)9-5-2-1-3-6-9/h1-8,12H,17H2,(H,18,19). The summed E-state index contributed by atoms with van der Waals surface area (Å²) in [4.78, 5) is 12.1. The highest BCUT2D eigenvalue weighted by molar-refractivity contribution is 6.39. The Hall–Kier alpha value is -1.55. The smallest absolute Gasteiger partial charge is 0.245 e. The Morgan fingerprint density at radius 3 is 2.16 bits per heavy atom. The number of rotatable bonds is 3. The molecule has 5 heteroatoms. The first-order valence-corrected chi connectivity index (χ1v) is 6.40. The number of anilines is 1. The van der Waals surface area contributed by atoms with Gasteiger partial charge in [0.25, 0.3) is 0 Å². The normalized spacial score (nSPS) is 11.9. The van der Waals surface area contributed by atoms with E-state index in [1.807, 2.05) is 18.2 Å². The van der Waals surface area contributed by atoms with Crippen molar-refractivity contribution < 1.29 is 4.79 Å². The fraction of sp³-hybridized carbons (Fsp3) is 0.0714. The maximum atomic E-state index is 12.1. The van der Waals surface area contributed by atoms with Gasteiger partial charge in [-0.1, -0.05) is 59.6 Å². The predicted octanol–water partition coefficient (Wildman–Crippen LogP) is 3.63. The number of amides is 1.